The Morgan fingerprint density at radius 2 is 2.14 bits per heavy atom. The Morgan fingerprint density at radius 3 is 2.86 bits per heavy atom. The van der Waals surface area contributed by atoms with Gasteiger partial charge in [-0.3, -0.25) is 4.98 Å². The molecule has 0 aliphatic heterocycles. The van der Waals surface area contributed by atoms with E-state index >= 15 is 0 Å². The summed E-state index contributed by atoms with van der Waals surface area (Å²) in [7, 11) is 0. The third-order valence-electron chi connectivity index (χ3n) is 2.84. The van der Waals surface area contributed by atoms with Gasteiger partial charge in [0.15, 0.2) is 5.82 Å². The number of fused-ring (bicyclic) bond motifs is 1. The molecule has 3 heterocycles. The molecule has 0 aliphatic rings. The summed E-state index contributed by atoms with van der Waals surface area (Å²) in [6, 6.07) is 3.55. The van der Waals surface area contributed by atoms with Crippen molar-refractivity contribution in [2.75, 3.05) is 12.3 Å². The van der Waals surface area contributed by atoms with E-state index in [4.69, 9.17) is 10.5 Å². The van der Waals surface area contributed by atoms with E-state index in [-0.39, 0.29) is 18.0 Å². The Morgan fingerprint density at radius 1 is 1.38 bits per heavy atom. The zero-order chi connectivity index (χ0) is 14.8. The largest absolute Gasteiger partial charge is 0.462 e. The van der Waals surface area contributed by atoms with Gasteiger partial charge in [-0.15, -0.1) is 5.10 Å². The maximum Gasteiger partial charge on any atom is 0.343 e. The van der Waals surface area contributed by atoms with Crippen LogP contribution in [0.1, 0.15) is 17.3 Å². The van der Waals surface area contributed by atoms with Crippen molar-refractivity contribution in [2.45, 2.75) is 6.92 Å². The molecule has 3 rings (SSSR count). The number of rotatable bonds is 3. The molecule has 0 aromatic carbocycles. The first-order valence-electron chi connectivity index (χ1n) is 6.29. The van der Waals surface area contributed by atoms with E-state index in [2.05, 4.69) is 20.1 Å². The van der Waals surface area contributed by atoms with Crippen LogP contribution in [0, 0.1) is 0 Å². The van der Waals surface area contributed by atoms with Crippen molar-refractivity contribution in [3.05, 3.63) is 36.3 Å². The number of pyridine rings is 1. The third kappa shape index (κ3) is 2.27. The predicted molar refractivity (Wildman–Crippen MR) is 74.4 cm³/mol. The smallest absolute Gasteiger partial charge is 0.343 e. The Bertz CT molecular complexity index is 799. The average molecular weight is 284 g/mol. The summed E-state index contributed by atoms with van der Waals surface area (Å²) >= 11 is 0. The highest BCUT2D eigenvalue weighted by Crippen LogP contribution is 2.18. The predicted octanol–water partition coefficient (Wildman–Crippen LogP) is 0.945. The molecule has 0 unspecified atom stereocenters. The highest BCUT2D eigenvalue weighted by atomic mass is 16.5. The number of nitrogen functional groups attached to an aromatic ring is 1. The van der Waals surface area contributed by atoms with Crippen LogP contribution in [0.15, 0.2) is 30.7 Å². The second-order valence-electron chi connectivity index (χ2n) is 4.16. The zero-order valence-corrected chi connectivity index (χ0v) is 11.2. The summed E-state index contributed by atoms with van der Waals surface area (Å²) in [5.41, 5.74) is 6.90. The Kier molecular flexibility index (Phi) is 3.19. The molecule has 0 aliphatic carbocycles. The van der Waals surface area contributed by atoms with E-state index < -0.39 is 5.97 Å². The van der Waals surface area contributed by atoms with Crippen LogP contribution in [-0.4, -0.2) is 37.1 Å². The Balaban J connectivity index is 2.10. The first-order chi connectivity index (χ1) is 10.2. The zero-order valence-electron chi connectivity index (χ0n) is 11.2. The number of hydrogen-bond donors (Lipinski definition) is 1. The van der Waals surface area contributed by atoms with Gasteiger partial charge in [-0.05, 0) is 19.1 Å². The number of nitrogens with two attached hydrogens (primary N) is 1. The molecule has 0 fully saturated rings. The molecule has 106 valence electrons. The van der Waals surface area contributed by atoms with Crippen LogP contribution >= 0.6 is 0 Å². The van der Waals surface area contributed by atoms with Gasteiger partial charge in [0.2, 0.25) is 0 Å². The summed E-state index contributed by atoms with van der Waals surface area (Å²) in [5, 5.41) is 4.27. The Hall–Kier alpha value is -3.03. The van der Waals surface area contributed by atoms with Gasteiger partial charge in [-0.25, -0.2) is 9.78 Å². The summed E-state index contributed by atoms with van der Waals surface area (Å²) < 4.78 is 6.24. The minimum absolute atomic E-state index is 0.145. The van der Waals surface area contributed by atoms with E-state index in [1.165, 1.54) is 10.7 Å². The van der Waals surface area contributed by atoms with Crippen LogP contribution in [-0.2, 0) is 4.74 Å². The van der Waals surface area contributed by atoms with Crippen molar-refractivity contribution < 1.29 is 9.53 Å². The van der Waals surface area contributed by atoms with Gasteiger partial charge in [0, 0.05) is 24.2 Å². The number of carbonyl (C=O) groups excluding carboxylic acids is 1. The quantitative estimate of drug-likeness (QED) is 0.713. The van der Waals surface area contributed by atoms with E-state index in [9.17, 15) is 4.79 Å². The number of ether oxygens (including phenoxy) is 1. The lowest BCUT2D eigenvalue weighted by Crippen LogP contribution is -2.12. The lowest BCUT2D eigenvalue weighted by Gasteiger charge is -2.04. The van der Waals surface area contributed by atoms with E-state index in [0.717, 1.165) is 5.56 Å². The minimum atomic E-state index is -0.537. The van der Waals surface area contributed by atoms with Crippen molar-refractivity contribution in [1.82, 2.24) is 24.6 Å². The molecule has 0 radical (unpaired) electrons. The highest BCUT2D eigenvalue weighted by Gasteiger charge is 2.17. The lowest BCUT2D eigenvalue weighted by atomic mass is 10.3. The molecule has 0 amide bonds. The number of esters is 1. The molecule has 0 spiro atoms. The molecule has 21 heavy (non-hydrogen) atoms. The van der Waals surface area contributed by atoms with Gasteiger partial charge in [0.05, 0.1) is 6.61 Å². The number of nitrogens with zero attached hydrogens (tertiary/aromatic N) is 5. The molecular weight excluding hydrogens is 272 g/mol. The van der Waals surface area contributed by atoms with Crippen molar-refractivity contribution >= 4 is 17.6 Å². The van der Waals surface area contributed by atoms with Crippen molar-refractivity contribution in [1.29, 1.82) is 0 Å². The van der Waals surface area contributed by atoms with Crippen LogP contribution in [0.2, 0.25) is 0 Å². The molecule has 8 heteroatoms. The molecule has 3 aromatic rings. The fourth-order valence-electron chi connectivity index (χ4n) is 1.84. The van der Waals surface area contributed by atoms with Gasteiger partial charge >= 0.3 is 5.97 Å². The molecule has 0 saturated heterocycles. The number of hydrogen-bond acceptors (Lipinski definition) is 7. The van der Waals surface area contributed by atoms with E-state index in [1.807, 2.05) is 0 Å². The van der Waals surface area contributed by atoms with Gasteiger partial charge < -0.3 is 10.5 Å². The third-order valence-corrected chi connectivity index (χ3v) is 2.84. The van der Waals surface area contributed by atoms with Crippen LogP contribution in [0.4, 0.5) is 5.82 Å². The normalized spacial score (nSPS) is 10.7. The van der Waals surface area contributed by atoms with Gasteiger partial charge in [0.1, 0.15) is 11.4 Å². The standard InChI is InChI=1S/C13H12N6O2/c1-2-21-12(20)9-7-16-13-17-11(18-19(13)10(9)14)8-3-5-15-6-4-8/h3-7H,2,14H2,1H3. The maximum atomic E-state index is 11.8. The second-order valence-corrected chi connectivity index (χ2v) is 4.16. The molecule has 2 N–H and O–H groups in total. The van der Waals surface area contributed by atoms with Gasteiger partial charge in [-0.2, -0.15) is 9.50 Å². The molecule has 3 aromatic heterocycles. The molecule has 0 atom stereocenters. The van der Waals surface area contributed by atoms with E-state index in [0.29, 0.717) is 11.6 Å². The number of aromatic nitrogens is 5. The van der Waals surface area contributed by atoms with Crippen LogP contribution in [0.25, 0.3) is 17.2 Å². The SMILES string of the molecule is CCOC(=O)c1cnc2nc(-c3ccncc3)nn2c1N. The summed E-state index contributed by atoms with van der Waals surface area (Å²) in [6.07, 6.45) is 4.62. The fraction of sp³-hybridized carbons (Fsp3) is 0.154. The first-order valence-corrected chi connectivity index (χ1v) is 6.29. The fourth-order valence-corrected chi connectivity index (χ4v) is 1.84. The van der Waals surface area contributed by atoms with Crippen LogP contribution in [0.5, 0.6) is 0 Å². The number of carbonyl (C=O) groups is 1. The van der Waals surface area contributed by atoms with Crippen LogP contribution < -0.4 is 5.73 Å². The average Bonchev–Trinajstić information content (AvgIpc) is 2.94. The second kappa shape index (κ2) is 5.16. The topological polar surface area (TPSA) is 108 Å². The van der Waals surface area contributed by atoms with Gasteiger partial charge in [0.25, 0.3) is 5.78 Å². The molecular formula is C13H12N6O2. The minimum Gasteiger partial charge on any atom is -0.462 e. The summed E-state index contributed by atoms with van der Waals surface area (Å²) in [5.74, 6) is 0.376. The molecule has 0 saturated carbocycles. The van der Waals surface area contributed by atoms with Crippen molar-refractivity contribution in [3.63, 3.8) is 0 Å². The maximum absolute atomic E-state index is 11.8. The first kappa shape index (κ1) is 13.0. The summed E-state index contributed by atoms with van der Waals surface area (Å²) in [4.78, 5) is 24.1. The van der Waals surface area contributed by atoms with Crippen LogP contribution in [0.3, 0.4) is 0 Å². The lowest BCUT2D eigenvalue weighted by molar-refractivity contribution is 0.0526. The number of anilines is 1. The molecule has 0 bridgehead atoms. The molecule has 8 nitrogen and oxygen atoms in total. The van der Waals surface area contributed by atoms with Crippen molar-refractivity contribution in [2.24, 2.45) is 0 Å². The van der Waals surface area contributed by atoms with Crippen molar-refractivity contribution in [3.8, 4) is 11.4 Å². The van der Waals surface area contributed by atoms with E-state index in [1.54, 1.807) is 31.5 Å². The van der Waals surface area contributed by atoms with Gasteiger partial charge in [-0.1, -0.05) is 0 Å². The monoisotopic (exact) mass is 284 g/mol. The summed E-state index contributed by atoms with van der Waals surface area (Å²) in [6.45, 7) is 1.98. The Labute approximate surface area is 119 Å². The highest BCUT2D eigenvalue weighted by molar-refractivity contribution is 5.94.